The summed E-state index contributed by atoms with van der Waals surface area (Å²) in [6.07, 6.45) is -3.79. The lowest BCUT2D eigenvalue weighted by atomic mass is 10.0. The molecule has 0 fully saturated rings. The van der Waals surface area contributed by atoms with Crippen LogP contribution in [0, 0.1) is 31.6 Å². The van der Waals surface area contributed by atoms with Crippen molar-refractivity contribution in [2.75, 3.05) is 0 Å². The number of nitro benzene ring substituents is 2. The number of Topliss-reactive ketones (excluding diaryl/α,β-unsaturated/α-hetero) is 1. The van der Waals surface area contributed by atoms with Gasteiger partial charge in [0.1, 0.15) is 17.3 Å². The largest absolute Gasteiger partial charge is 0.433 e. The van der Waals surface area contributed by atoms with E-state index in [2.05, 4.69) is 9.97 Å². The number of nitro groups is 2. The van der Waals surface area contributed by atoms with E-state index in [9.17, 15) is 43.5 Å². The fraction of sp³-hybridized carbons (Fsp3) is 0.0370. The number of hydrogen-bond donors (Lipinski definition) is 0. The first-order chi connectivity index (χ1) is 19.5. The molecule has 1 aromatic heterocycles. The predicted octanol–water partition coefficient (Wildman–Crippen LogP) is 6.92. The highest BCUT2D eigenvalue weighted by Gasteiger charge is 2.34. The minimum absolute atomic E-state index is 0.0204. The van der Waals surface area contributed by atoms with Crippen LogP contribution in [0.1, 0.15) is 21.6 Å². The lowest BCUT2D eigenvalue weighted by molar-refractivity contribution is -0.385. The van der Waals surface area contributed by atoms with E-state index in [1.54, 1.807) is 36.4 Å². The summed E-state index contributed by atoms with van der Waals surface area (Å²) in [7, 11) is 0. The summed E-state index contributed by atoms with van der Waals surface area (Å²) in [4.78, 5) is 42.0. The lowest BCUT2D eigenvalue weighted by Crippen LogP contribution is -2.10. The number of rotatable bonds is 8. The van der Waals surface area contributed by atoms with Gasteiger partial charge in [0.2, 0.25) is 5.78 Å². The maximum atomic E-state index is 13.7. The molecule has 3 aromatic carbocycles. The molecule has 0 aliphatic rings. The lowest BCUT2D eigenvalue weighted by Gasteiger charge is -2.11. The van der Waals surface area contributed by atoms with E-state index in [-0.39, 0.29) is 26.9 Å². The van der Waals surface area contributed by atoms with Crippen molar-refractivity contribution in [2.24, 2.45) is 0 Å². The predicted molar refractivity (Wildman–Crippen MR) is 141 cm³/mol. The van der Waals surface area contributed by atoms with Crippen molar-refractivity contribution in [1.29, 1.82) is 5.26 Å². The van der Waals surface area contributed by atoms with Crippen molar-refractivity contribution in [2.45, 2.75) is 16.2 Å². The number of carbonyl (C=O) groups excluding carboxylic acids is 1. The normalized spacial score (nSPS) is 11.5. The number of benzene rings is 3. The van der Waals surface area contributed by atoms with Crippen LogP contribution >= 0.6 is 11.8 Å². The third-order valence-corrected chi connectivity index (χ3v) is 6.41. The number of non-ortho nitro benzene ring substituents is 2. The fourth-order valence-electron chi connectivity index (χ4n) is 3.55. The summed E-state index contributed by atoms with van der Waals surface area (Å²) in [5, 5.41) is 31.9. The van der Waals surface area contributed by atoms with E-state index < -0.39 is 44.4 Å². The van der Waals surface area contributed by atoms with Gasteiger partial charge >= 0.3 is 6.18 Å². The Morgan fingerprint density at radius 2 is 1.59 bits per heavy atom. The number of aromatic nitrogens is 2. The first-order valence-electron chi connectivity index (χ1n) is 11.3. The number of carbonyl (C=O) groups is 1. The van der Waals surface area contributed by atoms with E-state index in [4.69, 9.17) is 0 Å². The van der Waals surface area contributed by atoms with Crippen LogP contribution in [-0.2, 0) is 6.18 Å². The number of nitriles is 1. The molecule has 0 aliphatic heterocycles. The number of nitrogens with zero attached hydrogens (tertiary/aromatic N) is 5. The molecule has 204 valence electrons. The monoisotopic (exact) mass is 577 g/mol. The Balaban J connectivity index is 1.82. The maximum absolute atomic E-state index is 13.7. The van der Waals surface area contributed by atoms with E-state index in [0.29, 0.717) is 17.3 Å². The number of halogens is 3. The van der Waals surface area contributed by atoms with Crippen molar-refractivity contribution in [1.82, 2.24) is 9.97 Å². The quantitative estimate of drug-likeness (QED) is 0.0542. The second-order valence-corrected chi connectivity index (χ2v) is 9.18. The van der Waals surface area contributed by atoms with Crippen molar-refractivity contribution in [3.63, 3.8) is 0 Å². The minimum atomic E-state index is -4.81. The molecule has 0 radical (unpaired) electrons. The van der Waals surface area contributed by atoms with Crippen LogP contribution in [0.5, 0.6) is 0 Å². The average Bonchev–Trinajstić information content (AvgIpc) is 2.96. The topological polar surface area (TPSA) is 153 Å². The Morgan fingerprint density at radius 3 is 2.22 bits per heavy atom. The van der Waals surface area contributed by atoms with Gasteiger partial charge in [-0.2, -0.15) is 18.4 Å². The number of allylic oxidation sites excluding steroid dienone is 1. The van der Waals surface area contributed by atoms with Crippen LogP contribution in [0.3, 0.4) is 0 Å². The zero-order valence-corrected chi connectivity index (χ0v) is 21.2. The highest BCUT2D eigenvalue weighted by atomic mass is 32.2. The molecule has 14 heteroatoms. The van der Waals surface area contributed by atoms with Crippen LogP contribution in [0.15, 0.2) is 94.5 Å². The Labute approximate surface area is 233 Å². The van der Waals surface area contributed by atoms with E-state index >= 15 is 0 Å². The maximum Gasteiger partial charge on any atom is 0.433 e. The van der Waals surface area contributed by atoms with Gasteiger partial charge in [0.15, 0.2) is 5.16 Å². The van der Waals surface area contributed by atoms with Gasteiger partial charge in [-0.25, -0.2) is 9.97 Å². The molecule has 4 rings (SSSR count). The molecule has 0 aliphatic carbocycles. The number of hydrogen-bond acceptors (Lipinski definition) is 9. The summed E-state index contributed by atoms with van der Waals surface area (Å²) in [5.74, 6) is -0.902. The summed E-state index contributed by atoms with van der Waals surface area (Å²) in [5.41, 5.74) is -2.42. The zero-order chi connectivity index (χ0) is 29.7. The molecule has 0 N–H and O–H groups in total. The van der Waals surface area contributed by atoms with Crippen molar-refractivity contribution in [3.05, 3.63) is 121 Å². The van der Waals surface area contributed by atoms with Gasteiger partial charge in [-0.3, -0.25) is 25.0 Å². The minimum Gasteiger partial charge on any atom is -0.288 e. The van der Waals surface area contributed by atoms with E-state index in [0.717, 1.165) is 36.4 Å². The van der Waals surface area contributed by atoms with Crippen LogP contribution < -0.4 is 0 Å². The molecule has 0 saturated heterocycles. The first kappa shape index (κ1) is 28.6. The van der Waals surface area contributed by atoms with E-state index in [1.165, 1.54) is 18.2 Å². The van der Waals surface area contributed by atoms with Gasteiger partial charge in [-0.05, 0) is 35.5 Å². The summed E-state index contributed by atoms with van der Waals surface area (Å²) in [6.45, 7) is 0. The molecule has 0 atom stereocenters. The Bertz CT molecular complexity index is 1750. The van der Waals surface area contributed by atoms with E-state index in [1.807, 2.05) is 0 Å². The smallest absolute Gasteiger partial charge is 0.288 e. The Morgan fingerprint density at radius 1 is 0.902 bits per heavy atom. The van der Waals surface area contributed by atoms with Crippen LogP contribution in [0.2, 0.25) is 0 Å². The summed E-state index contributed by atoms with van der Waals surface area (Å²) in [6, 6.07) is 18.5. The molecule has 41 heavy (non-hydrogen) atoms. The second kappa shape index (κ2) is 11.8. The third kappa shape index (κ3) is 6.78. The molecule has 0 spiro atoms. The molecule has 1 heterocycles. The molecule has 10 nitrogen and oxygen atoms in total. The van der Waals surface area contributed by atoms with Gasteiger partial charge < -0.3 is 0 Å². The number of alkyl halides is 3. The average molecular weight is 578 g/mol. The second-order valence-electron chi connectivity index (χ2n) is 8.17. The van der Waals surface area contributed by atoms with Gasteiger partial charge in [0.25, 0.3) is 11.4 Å². The molecular weight excluding hydrogens is 563 g/mol. The SMILES string of the molecule is N#C/C(=C/c1cc([N+](=O)[O-])ccc1Sc1nc(-c2ccccc2)cc(C(F)(F)F)n1)C(=O)c1cccc([N+](=O)[O-])c1. The van der Waals surface area contributed by atoms with Crippen molar-refractivity contribution >= 4 is 35.0 Å². The standard InChI is InChI=1S/C27H14F3N5O5S/c28-27(29,30)24-14-22(16-5-2-1-3-6-16)32-26(33-24)41-23-10-9-21(35(39)40)13-18(23)11-19(15-31)25(36)17-7-4-8-20(12-17)34(37)38/h1-14H/b19-11-. The van der Waals surface area contributed by atoms with Gasteiger partial charge in [-0.1, -0.05) is 42.5 Å². The summed E-state index contributed by atoms with van der Waals surface area (Å²) >= 11 is 0.641. The Kier molecular flexibility index (Phi) is 8.20. The van der Waals surface area contributed by atoms with Gasteiger partial charge in [0, 0.05) is 40.3 Å². The van der Waals surface area contributed by atoms with Gasteiger partial charge in [-0.15, -0.1) is 0 Å². The zero-order valence-electron chi connectivity index (χ0n) is 20.4. The van der Waals surface area contributed by atoms with Gasteiger partial charge in [0.05, 0.1) is 15.5 Å². The highest BCUT2D eigenvalue weighted by molar-refractivity contribution is 7.99. The molecule has 0 unspecified atom stereocenters. The first-order valence-corrected chi connectivity index (χ1v) is 12.2. The molecule has 0 saturated carbocycles. The Hall–Kier alpha value is -5.42. The van der Waals surface area contributed by atoms with Crippen LogP contribution in [-0.4, -0.2) is 25.6 Å². The highest BCUT2D eigenvalue weighted by Crippen LogP contribution is 2.36. The van der Waals surface area contributed by atoms with Crippen LogP contribution in [0.25, 0.3) is 17.3 Å². The molecule has 4 aromatic rings. The summed E-state index contributed by atoms with van der Waals surface area (Å²) < 4.78 is 41.0. The van der Waals surface area contributed by atoms with Crippen LogP contribution in [0.4, 0.5) is 24.5 Å². The molecular formula is C27H14F3N5O5S. The third-order valence-electron chi connectivity index (χ3n) is 5.46. The van der Waals surface area contributed by atoms with Crippen molar-refractivity contribution < 1.29 is 27.8 Å². The fourth-order valence-corrected chi connectivity index (χ4v) is 4.40. The van der Waals surface area contributed by atoms with Crippen molar-refractivity contribution in [3.8, 4) is 17.3 Å². The molecule has 0 bridgehead atoms. The molecule has 0 amide bonds. The number of ketones is 1.